The number of epoxide rings is 2. The fourth-order valence-corrected chi connectivity index (χ4v) is 4.36. The Morgan fingerprint density at radius 3 is 2.81 bits per heavy atom. The molecular weight excluding hydrogens is 408 g/mol. The van der Waals surface area contributed by atoms with Gasteiger partial charge < -0.3 is 28.8 Å². The highest BCUT2D eigenvalue weighted by atomic mass is 16.7. The minimum absolute atomic E-state index is 0.0484. The summed E-state index contributed by atoms with van der Waals surface area (Å²) in [5, 5.41) is 9.81. The first-order valence-corrected chi connectivity index (χ1v) is 10.2. The highest BCUT2D eigenvalue weighted by Gasteiger charge is 2.67. The molecule has 0 aromatic carbocycles. The summed E-state index contributed by atoms with van der Waals surface area (Å²) in [7, 11) is 0. The number of aliphatic hydroxyl groups excluding tert-OH is 1. The maximum Gasteiger partial charge on any atom is 0.334 e. The first-order chi connectivity index (χ1) is 14.6. The topological polar surface area (TPSA) is 124 Å². The summed E-state index contributed by atoms with van der Waals surface area (Å²) in [6.45, 7) is 8.29. The van der Waals surface area contributed by atoms with Gasteiger partial charge in [0.05, 0.1) is 18.1 Å². The molecule has 0 spiro atoms. The second kappa shape index (κ2) is 7.89. The van der Waals surface area contributed by atoms with Crippen molar-refractivity contribution < 1.29 is 43.2 Å². The Labute approximate surface area is 179 Å². The zero-order valence-corrected chi connectivity index (χ0v) is 17.7. The number of rotatable bonds is 5. The molecule has 0 amide bonds. The van der Waals surface area contributed by atoms with Crippen LogP contribution in [0.3, 0.4) is 0 Å². The van der Waals surface area contributed by atoms with Crippen LogP contribution in [0.5, 0.6) is 0 Å². The zero-order chi connectivity index (χ0) is 22.5. The molecule has 1 aliphatic carbocycles. The average Bonchev–Trinajstić information content (AvgIpc) is 3.58. The number of carbonyl (C=O) groups is 3. The molecule has 3 saturated heterocycles. The fourth-order valence-electron chi connectivity index (χ4n) is 4.36. The van der Waals surface area contributed by atoms with Crippen molar-refractivity contribution in [1.29, 1.82) is 0 Å². The average molecular weight is 434 g/mol. The van der Waals surface area contributed by atoms with E-state index in [1.807, 2.05) is 6.92 Å². The van der Waals surface area contributed by atoms with Gasteiger partial charge >= 0.3 is 17.9 Å². The van der Waals surface area contributed by atoms with E-state index in [1.165, 1.54) is 13.0 Å². The van der Waals surface area contributed by atoms with Crippen molar-refractivity contribution in [2.24, 2.45) is 5.92 Å². The van der Waals surface area contributed by atoms with Gasteiger partial charge in [-0.25, -0.2) is 9.59 Å². The molecule has 0 saturated carbocycles. The lowest BCUT2D eigenvalue weighted by Crippen LogP contribution is -2.38. The van der Waals surface area contributed by atoms with Crippen LogP contribution in [0.4, 0.5) is 0 Å². The predicted molar refractivity (Wildman–Crippen MR) is 105 cm³/mol. The van der Waals surface area contributed by atoms with Crippen molar-refractivity contribution in [3.05, 3.63) is 35.5 Å². The quantitative estimate of drug-likeness (QED) is 0.219. The Bertz CT molecular complexity index is 887. The first-order valence-electron chi connectivity index (χ1n) is 10.2. The van der Waals surface area contributed by atoms with Crippen molar-refractivity contribution in [3.63, 3.8) is 0 Å². The summed E-state index contributed by atoms with van der Waals surface area (Å²) in [5.41, 5.74) is 0.465. The van der Waals surface area contributed by atoms with Gasteiger partial charge in [0.2, 0.25) is 0 Å². The molecule has 0 radical (unpaired) electrons. The van der Waals surface area contributed by atoms with Crippen LogP contribution in [-0.4, -0.2) is 72.3 Å². The standard InChI is InChI=1S/C22H26O9/c1-10(5-6-27-12(3)24)20(25)29-15-8-22(4)19(31-22)18-17(30-18)13(9-23)7-14-16(15)11(2)21(26)28-14/h5,7,14-19,23H,2,6,8-9H2,1,3-4H3/b10-5-,13-7-/t14-,15+,16-,17-,18-,19+,22+/m0/s1. The van der Waals surface area contributed by atoms with Gasteiger partial charge in [-0.1, -0.05) is 6.58 Å². The van der Waals surface area contributed by atoms with E-state index in [9.17, 15) is 19.5 Å². The van der Waals surface area contributed by atoms with E-state index >= 15 is 0 Å². The maximum atomic E-state index is 12.7. The minimum atomic E-state index is -0.755. The molecule has 0 aromatic rings. The molecule has 9 heteroatoms. The van der Waals surface area contributed by atoms with E-state index in [1.54, 1.807) is 13.0 Å². The molecule has 3 fully saturated rings. The summed E-state index contributed by atoms with van der Waals surface area (Å²) in [6, 6.07) is 0. The molecule has 0 bridgehead atoms. The van der Waals surface area contributed by atoms with Gasteiger partial charge in [-0.2, -0.15) is 0 Å². The zero-order valence-electron chi connectivity index (χ0n) is 17.7. The lowest BCUT2D eigenvalue weighted by Gasteiger charge is -2.28. The van der Waals surface area contributed by atoms with Crippen LogP contribution in [-0.2, 0) is 38.1 Å². The normalized spacial score (nSPS) is 40.4. The molecular formula is C22H26O9. The SMILES string of the molecule is C=C1C(=O)O[C@H]2/C=C(/CO)[C@@H]3O[C@@H]3[C@H]3O[C@]3(C)C[C@@H](OC(=O)/C(C)=C\COC(C)=O)[C@@H]12. The number of fused-ring (bicyclic) bond motifs is 4. The lowest BCUT2D eigenvalue weighted by atomic mass is 9.82. The van der Waals surface area contributed by atoms with E-state index in [4.69, 9.17) is 23.7 Å². The summed E-state index contributed by atoms with van der Waals surface area (Å²) in [6.07, 6.45) is 1.28. The highest BCUT2D eigenvalue weighted by Crippen LogP contribution is 2.53. The number of hydrogen-bond donors (Lipinski definition) is 1. The van der Waals surface area contributed by atoms with Gasteiger partial charge in [-0.3, -0.25) is 4.79 Å². The monoisotopic (exact) mass is 434 g/mol. The van der Waals surface area contributed by atoms with Crippen LogP contribution in [0.25, 0.3) is 0 Å². The smallest absolute Gasteiger partial charge is 0.334 e. The first kappa shape index (κ1) is 21.7. The molecule has 31 heavy (non-hydrogen) atoms. The predicted octanol–water partition coefficient (Wildman–Crippen LogP) is 0.753. The van der Waals surface area contributed by atoms with Gasteiger partial charge in [-0.15, -0.1) is 0 Å². The summed E-state index contributed by atoms with van der Waals surface area (Å²) in [4.78, 5) is 35.9. The van der Waals surface area contributed by atoms with Crippen LogP contribution in [0, 0.1) is 5.92 Å². The Morgan fingerprint density at radius 2 is 2.13 bits per heavy atom. The third-order valence-corrected chi connectivity index (χ3v) is 6.22. The van der Waals surface area contributed by atoms with Crippen LogP contribution < -0.4 is 0 Å². The number of carbonyl (C=O) groups excluding carboxylic acids is 3. The van der Waals surface area contributed by atoms with Crippen molar-refractivity contribution >= 4 is 17.9 Å². The van der Waals surface area contributed by atoms with Crippen LogP contribution in [0.1, 0.15) is 27.2 Å². The van der Waals surface area contributed by atoms with Gasteiger partial charge in [0.1, 0.15) is 37.1 Å². The molecule has 7 atom stereocenters. The Hall–Kier alpha value is -2.49. The molecule has 168 valence electrons. The molecule has 4 aliphatic rings. The lowest BCUT2D eigenvalue weighted by molar-refractivity contribution is -0.148. The maximum absolute atomic E-state index is 12.7. The molecule has 3 aliphatic heterocycles. The van der Waals surface area contributed by atoms with E-state index in [0.29, 0.717) is 12.0 Å². The van der Waals surface area contributed by atoms with E-state index in [2.05, 4.69) is 6.58 Å². The Morgan fingerprint density at radius 1 is 1.39 bits per heavy atom. The van der Waals surface area contributed by atoms with Crippen LogP contribution in [0.2, 0.25) is 0 Å². The van der Waals surface area contributed by atoms with E-state index < -0.39 is 41.6 Å². The molecule has 9 nitrogen and oxygen atoms in total. The number of aliphatic hydroxyl groups is 1. The van der Waals surface area contributed by atoms with Crippen molar-refractivity contribution in [1.82, 2.24) is 0 Å². The van der Waals surface area contributed by atoms with Gasteiger partial charge in [-0.05, 0) is 31.6 Å². The van der Waals surface area contributed by atoms with Crippen molar-refractivity contribution in [2.75, 3.05) is 13.2 Å². The number of ether oxygens (including phenoxy) is 5. The molecule has 1 N–H and O–H groups in total. The second-order valence-electron chi connectivity index (χ2n) is 8.53. The fraction of sp³-hybridized carbons (Fsp3) is 0.591. The van der Waals surface area contributed by atoms with Crippen molar-refractivity contribution in [3.8, 4) is 0 Å². The molecule has 0 aromatic heterocycles. The third-order valence-electron chi connectivity index (χ3n) is 6.22. The van der Waals surface area contributed by atoms with Gasteiger partial charge in [0.15, 0.2) is 0 Å². The molecule has 4 rings (SSSR count). The number of esters is 3. The van der Waals surface area contributed by atoms with Gasteiger partial charge in [0, 0.05) is 24.5 Å². The Balaban J connectivity index is 1.60. The summed E-state index contributed by atoms with van der Waals surface area (Å²) >= 11 is 0. The summed E-state index contributed by atoms with van der Waals surface area (Å²) in [5.74, 6) is -2.26. The van der Waals surface area contributed by atoms with Crippen LogP contribution in [0.15, 0.2) is 35.5 Å². The second-order valence-corrected chi connectivity index (χ2v) is 8.53. The van der Waals surface area contributed by atoms with E-state index in [-0.39, 0.29) is 42.7 Å². The van der Waals surface area contributed by atoms with Gasteiger partial charge in [0.25, 0.3) is 0 Å². The minimum Gasteiger partial charge on any atom is -0.462 e. The van der Waals surface area contributed by atoms with E-state index in [0.717, 1.165) is 0 Å². The third kappa shape index (κ3) is 4.17. The largest absolute Gasteiger partial charge is 0.462 e. The molecule has 3 heterocycles. The summed E-state index contributed by atoms with van der Waals surface area (Å²) < 4.78 is 27.7. The highest BCUT2D eigenvalue weighted by molar-refractivity contribution is 5.92. The number of hydrogen-bond acceptors (Lipinski definition) is 9. The molecule has 0 unspecified atom stereocenters. The van der Waals surface area contributed by atoms with Crippen LogP contribution >= 0.6 is 0 Å². The van der Waals surface area contributed by atoms with Crippen molar-refractivity contribution in [2.45, 2.75) is 63.3 Å². The Kier molecular flexibility index (Phi) is 5.53.